The summed E-state index contributed by atoms with van der Waals surface area (Å²) in [7, 11) is 1.66. The second-order valence-electron chi connectivity index (χ2n) is 4.04. The Bertz CT molecular complexity index is 555. The van der Waals surface area contributed by atoms with E-state index in [0.29, 0.717) is 0 Å². The Morgan fingerprint density at radius 3 is 2.32 bits per heavy atom. The van der Waals surface area contributed by atoms with E-state index in [-0.39, 0.29) is 6.04 Å². The number of hydrazine groups is 1. The van der Waals surface area contributed by atoms with E-state index >= 15 is 0 Å². The molecule has 100 valence electrons. The van der Waals surface area contributed by atoms with Crippen LogP contribution in [0.5, 0.6) is 5.75 Å². The van der Waals surface area contributed by atoms with Gasteiger partial charge in [-0.2, -0.15) is 0 Å². The molecule has 0 spiro atoms. The van der Waals surface area contributed by atoms with E-state index < -0.39 is 0 Å². The van der Waals surface area contributed by atoms with Gasteiger partial charge in [-0.3, -0.25) is 5.84 Å². The first-order chi connectivity index (χ1) is 9.15. The molecule has 0 heterocycles. The summed E-state index contributed by atoms with van der Waals surface area (Å²) in [5.74, 6) is 6.53. The van der Waals surface area contributed by atoms with Gasteiger partial charge in [0.2, 0.25) is 0 Å². The second kappa shape index (κ2) is 6.52. The first kappa shape index (κ1) is 14.5. The summed E-state index contributed by atoms with van der Waals surface area (Å²) >= 11 is 6.98. The summed E-state index contributed by atoms with van der Waals surface area (Å²) < 4.78 is 7.38. The van der Waals surface area contributed by atoms with E-state index in [4.69, 9.17) is 10.6 Å². The SMILES string of the molecule is COc1ccccc1C(NN)c1cc(Br)cc(Br)c1. The zero-order valence-electron chi connectivity index (χ0n) is 10.4. The third kappa shape index (κ3) is 3.36. The van der Waals surface area contributed by atoms with Crippen molar-refractivity contribution in [2.75, 3.05) is 7.11 Å². The molecule has 2 aromatic carbocycles. The molecule has 0 amide bonds. The zero-order chi connectivity index (χ0) is 13.8. The molecule has 0 saturated carbocycles. The first-order valence-corrected chi connectivity index (χ1v) is 7.29. The third-order valence-corrected chi connectivity index (χ3v) is 3.75. The molecule has 19 heavy (non-hydrogen) atoms. The number of halogens is 2. The molecule has 2 aromatic rings. The van der Waals surface area contributed by atoms with E-state index in [1.165, 1.54) is 0 Å². The van der Waals surface area contributed by atoms with Crippen molar-refractivity contribution in [1.82, 2.24) is 5.43 Å². The molecule has 3 N–H and O–H groups in total. The molecule has 1 atom stereocenters. The summed E-state index contributed by atoms with van der Waals surface area (Å²) in [6, 6.07) is 13.7. The minimum absolute atomic E-state index is 0.134. The Labute approximate surface area is 129 Å². The normalized spacial score (nSPS) is 12.2. The van der Waals surface area contributed by atoms with Gasteiger partial charge in [0, 0.05) is 14.5 Å². The van der Waals surface area contributed by atoms with Crippen LogP contribution >= 0.6 is 31.9 Å². The van der Waals surface area contributed by atoms with Gasteiger partial charge in [0.05, 0.1) is 13.2 Å². The predicted octanol–water partition coefficient (Wildman–Crippen LogP) is 3.77. The lowest BCUT2D eigenvalue weighted by atomic mass is 9.98. The Morgan fingerprint density at radius 1 is 1.11 bits per heavy atom. The fourth-order valence-electron chi connectivity index (χ4n) is 2.01. The highest BCUT2D eigenvalue weighted by atomic mass is 79.9. The average Bonchev–Trinajstić information content (AvgIpc) is 2.39. The molecule has 2 rings (SSSR count). The number of hydrogen-bond acceptors (Lipinski definition) is 3. The van der Waals surface area contributed by atoms with Crippen LogP contribution in [0.15, 0.2) is 51.4 Å². The summed E-state index contributed by atoms with van der Waals surface area (Å²) in [6.45, 7) is 0. The molecule has 0 saturated heterocycles. The van der Waals surface area contributed by atoms with Crippen LogP contribution in [0, 0.1) is 0 Å². The van der Waals surface area contributed by atoms with Crippen LogP contribution in [0.2, 0.25) is 0 Å². The summed E-state index contributed by atoms with van der Waals surface area (Å²) in [4.78, 5) is 0. The van der Waals surface area contributed by atoms with Crippen LogP contribution in [0.25, 0.3) is 0 Å². The maximum Gasteiger partial charge on any atom is 0.124 e. The maximum absolute atomic E-state index is 5.72. The average molecular weight is 386 g/mol. The largest absolute Gasteiger partial charge is 0.496 e. The number of rotatable bonds is 4. The number of benzene rings is 2. The van der Waals surface area contributed by atoms with Crippen LogP contribution in [0.1, 0.15) is 17.2 Å². The Kier molecular flexibility index (Phi) is 4.99. The van der Waals surface area contributed by atoms with Crippen LogP contribution < -0.4 is 16.0 Å². The topological polar surface area (TPSA) is 47.3 Å². The van der Waals surface area contributed by atoms with Gasteiger partial charge in [0.1, 0.15) is 5.75 Å². The van der Waals surface area contributed by atoms with Crippen molar-refractivity contribution in [2.24, 2.45) is 5.84 Å². The molecule has 0 aliphatic heterocycles. The minimum Gasteiger partial charge on any atom is -0.496 e. The maximum atomic E-state index is 5.72. The monoisotopic (exact) mass is 384 g/mol. The van der Waals surface area contributed by atoms with Gasteiger partial charge >= 0.3 is 0 Å². The number of hydrogen-bond donors (Lipinski definition) is 2. The lowest BCUT2D eigenvalue weighted by molar-refractivity contribution is 0.404. The summed E-state index contributed by atoms with van der Waals surface area (Å²) in [5, 5.41) is 0. The van der Waals surface area contributed by atoms with Crippen molar-refractivity contribution >= 4 is 31.9 Å². The van der Waals surface area contributed by atoms with Crippen LogP contribution in [0.4, 0.5) is 0 Å². The van der Waals surface area contributed by atoms with Gasteiger partial charge in [-0.1, -0.05) is 50.1 Å². The van der Waals surface area contributed by atoms with Crippen molar-refractivity contribution in [3.8, 4) is 5.75 Å². The molecule has 1 unspecified atom stereocenters. The predicted molar refractivity (Wildman–Crippen MR) is 84.0 cm³/mol. The molecule has 0 bridgehead atoms. The van der Waals surface area contributed by atoms with Gasteiger partial charge in [-0.15, -0.1) is 0 Å². The number of methoxy groups -OCH3 is 1. The van der Waals surface area contributed by atoms with E-state index in [9.17, 15) is 0 Å². The van der Waals surface area contributed by atoms with Gasteiger partial charge < -0.3 is 4.74 Å². The van der Waals surface area contributed by atoms with E-state index in [1.54, 1.807) is 7.11 Å². The molecule has 0 radical (unpaired) electrons. The zero-order valence-corrected chi connectivity index (χ0v) is 13.5. The highest BCUT2D eigenvalue weighted by Crippen LogP contribution is 2.32. The van der Waals surface area contributed by atoms with Gasteiger partial charge in [-0.25, -0.2) is 5.43 Å². The van der Waals surface area contributed by atoms with Crippen molar-refractivity contribution in [3.05, 3.63) is 62.5 Å². The second-order valence-corrected chi connectivity index (χ2v) is 5.88. The highest BCUT2D eigenvalue weighted by molar-refractivity contribution is 9.11. The van der Waals surface area contributed by atoms with Crippen molar-refractivity contribution < 1.29 is 4.74 Å². The van der Waals surface area contributed by atoms with Crippen LogP contribution in [-0.2, 0) is 0 Å². The summed E-state index contributed by atoms with van der Waals surface area (Å²) in [5.41, 5.74) is 4.89. The van der Waals surface area contributed by atoms with Crippen molar-refractivity contribution in [3.63, 3.8) is 0 Å². The Morgan fingerprint density at radius 2 is 1.74 bits per heavy atom. The van der Waals surface area contributed by atoms with Crippen molar-refractivity contribution in [1.29, 1.82) is 0 Å². The van der Waals surface area contributed by atoms with E-state index in [0.717, 1.165) is 25.8 Å². The lowest BCUT2D eigenvalue weighted by Crippen LogP contribution is -2.29. The molecular formula is C14H14Br2N2O. The highest BCUT2D eigenvalue weighted by Gasteiger charge is 2.17. The standard InChI is InChI=1S/C14H14Br2N2O/c1-19-13-5-3-2-4-12(13)14(18-17)9-6-10(15)8-11(16)7-9/h2-8,14,18H,17H2,1H3. The van der Waals surface area contributed by atoms with Crippen LogP contribution in [-0.4, -0.2) is 7.11 Å². The molecule has 0 aliphatic carbocycles. The molecule has 0 aromatic heterocycles. The Balaban J connectivity index is 2.49. The fourth-order valence-corrected chi connectivity index (χ4v) is 3.34. The molecule has 0 aliphatic rings. The molecular weight excluding hydrogens is 372 g/mol. The minimum atomic E-state index is -0.134. The smallest absolute Gasteiger partial charge is 0.124 e. The van der Waals surface area contributed by atoms with Crippen LogP contribution in [0.3, 0.4) is 0 Å². The molecule has 0 fully saturated rings. The summed E-state index contributed by atoms with van der Waals surface area (Å²) in [6.07, 6.45) is 0. The number of nitrogens with one attached hydrogen (secondary N) is 1. The number of nitrogens with two attached hydrogens (primary N) is 1. The Hall–Kier alpha value is -0.880. The number of para-hydroxylation sites is 1. The lowest BCUT2D eigenvalue weighted by Gasteiger charge is -2.20. The van der Waals surface area contributed by atoms with Gasteiger partial charge in [-0.05, 0) is 29.8 Å². The fraction of sp³-hybridized carbons (Fsp3) is 0.143. The quantitative estimate of drug-likeness (QED) is 0.622. The molecule has 3 nitrogen and oxygen atoms in total. The number of ether oxygens (including phenoxy) is 1. The van der Waals surface area contributed by atoms with Gasteiger partial charge in [0.25, 0.3) is 0 Å². The van der Waals surface area contributed by atoms with Crippen molar-refractivity contribution in [2.45, 2.75) is 6.04 Å². The van der Waals surface area contributed by atoms with E-state index in [1.807, 2.05) is 42.5 Å². The first-order valence-electron chi connectivity index (χ1n) is 5.70. The van der Waals surface area contributed by atoms with Gasteiger partial charge in [0.15, 0.2) is 0 Å². The third-order valence-electron chi connectivity index (χ3n) is 2.83. The molecule has 5 heteroatoms. The van der Waals surface area contributed by atoms with E-state index in [2.05, 4.69) is 37.3 Å².